The molecule has 0 spiro atoms. The average molecular weight is 521 g/mol. The van der Waals surface area contributed by atoms with Crippen molar-refractivity contribution in [2.75, 3.05) is 6.54 Å². The predicted molar refractivity (Wildman–Crippen MR) is 127 cm³/mol. The molecule has 0 radical (unpaired) electrons. The molecule has 1 heterocycles. The molecule has 0 saturated carbocycles. The minimum atomic E-state index is -4.42. The zero-order valence-corrected chi connectivity index (χ0v) is 20.1. The van der Waals surface area contributed by atoms with Crippen LogP contribution in [0.5, 0.6) is 0 Å². The molecular formula is C26H24F4N2O3S. The summed E-state index contributed by atoms with van der Waals surface area (Å²) in [7, 11) is -3.98. The number of hydrogen-bond donors (Lipinski definition) is 1. The molecule has 3 aromatic rings. The number of rotatable bonds is 6. The van der Waals surface area contributed by atoms with Crippen molar-refractivity contribution in [2.24, 2.45) is 0 Å². The van der Waals surface area contributed by atoms with Crippen molar-refractivity contribution >= 4 is 15.9 Å². The molecule has 0 aliphatic carbocycles. The molecule has 4 rings (SSSR count). The van der Waals surface area contributed by atoms with Crippen LogP contribution in [0.1, 0.15) is 36.9 Å². The second kappa shape index (κ2) is 10.0. The first kappa shape index (κ1) is 25.8. The van der Waals surface area contributed by atoms with Crippen LogP contribution in [0.3, 0.4) is 0 Å². The summed E-state index contributed by atoms with van der Waals surface area (Å²) in [6.45, 7) is 1.92. The molecule has 0 aromatic heterocycles. The van der Waals surface area contributed by atoms with Crippen LogP contribution in [0, 0.1) is 5.82 Å². The predicted octanol–water partition coefficient (Wildman–Crippen LogP) is 5.54. The Morgan fingerprint density at radius 3 is 2.31 bits per heavy atom. The van der Waals surface area contributed by atoms with Crippen molar-refractivity contribution in [1.82, 2.24) is 9.62 Å². The van der Waals surface area contributed by atoms with Crippen LogP contribution in [-0.4, -0.2) is 31.2 Å². The molecule has 1 amide bonds. The lowest BCUT2D eigenvalue weighted by molar-refractivity contribution is -0.137. The van der Waals surface area contributed by atoms with Crippen molar-refractivity contribution in [3.63, 3.8) is 0 Å². The Bertz CT molecular complexity index is 1340. The minimum absolute atomic E-state index is 0.0825. The van der Waals surface area contributed by atoms with Gasteiger partial charge in [-0.3, -0.25) is 4.79 Å². The highest BCUT2D eigenvalue weighted by Crippen LogP contribution is 2.32. The van der Waals surface area contributed by atoms with Crippen LogP contribution < -0.4 is 5.32 Å². The molecule has 2 unspecified atom stereocenters. The van der Waals surface area contributed by atoms with Gasteiger partial charge in [0.05, 0.1) is 16.5 Å². The lowest BCUT2D eigenvalue weighted by atomic mass is 9.99. The Labute approximate surface area is 206 Å². The summed E-state index contributed by atoms with van der Waals surface area (Å²) < 4.78 is 79.1. The van der Waals surface area contributed by atoms with Crippen molar-refractivity contribution in [1.29, 1.82) is 0 Å². The largest absolute Gasteiger partial charge is 0.416 e. The third kappa shape index (κ3) is 5.44. The second-order valence-corrected chi connectivity index (χ2v) is 10.5. The maximum atomic E-state index is 13.2. The van der Waals surface area contributed by atoms with E-state index in [0.29, 0.717) is 29.5 Å². The van der Waals surface area contributed by atoms with E-state index >= 15 is 0 Å². The quantitative estimate of drug-likeness (QED) is 0.434. The Morgan fingerprint density at radius 2 is 1.67 bits per heavy atom. The van der Waals surface area contributed by atoms with Crippen LogP contribution in [-0.2, 0) is 21.0 Å². The molecule has 36 heavy (non-hydrogen) atoms. The monoisotopic (exact) mass is 520 g/mol. The van der Waals surface area contributed by atoms with E-state index < -0.39 is 45.6 Å². The van der Waals surface area contributed by atoms with Crippen LogP contribution in [0.25, 0.3) is 11.1 Å². The van der Waals surface area contributed by atoms with Gasteiger partial charge in [-0.15, -0.1) is 0 Å². The smallest absolute Gasteiger partial charge is 0.348 e. The van der Waals surface area contributed by atoms with E-state index in [1.54, 1.807) is 31.2 Å². The lowest BCUT2D eigenvalue weighted by Crippen LogP contribution is -2.46. The number of nitrogens with zero attached hydrogens (tertiary/aromatic N) is 1. The highest BCUT2D eigenvalue weighted by Gasteiger charge is 2.39. The van der Waals surface area contributed by atoms with Gasteiger partial charge < -0.3 is 5.32 Å². The van der Waals surface area contributed by atoms with E-state index in [1.807, 2.05) is 0 Å². The summed E-state index contributed by atoms with van der Waals surface area (Å²) in [4.78, 5) is 13.0. The third-order valence-corrected chi connectivity index (χ3v) is 8.14. The van der Waals surface area contributed by atoms with E-state index in [9.17, 15) is 30.8 Å². The van der Waals surface area contributed by atoms with Crippen LogP contribution in [0.2, 0.25) is 0 Å². The third-order valence-electron chi connectivity index (χ3n) is 6.22. The van der Waals surface area contributed by atoms with Gasteiger partial charge in [-0.25, -0.2) is 12.8 Å². The van der Waals surface area contributed by atoms with Gasteiger partial charge in [0.2, 0.25) is 15.9 Å². The van der Waals surface area contributed by atoms with Gasteiger partial charge >= 0.3 is 6.18 Å². The van der Waals surface area contributed by atoms with Gasteiger partial charge in [0.25, 0.3) is 0 Å². The lowest BCUT2D eigenvalue weighted by Gasteiger charge is -2.25. The standard InChI is InChI=1S/C26H24F4N2O3S/c1-17(19-4-2-5-20(16-19)18-7-9-21(10-8-18)26(28,29)30)31-25(33)24-6-3-15-32(24)36(34,35)23-13-11-22(27)12-14-23/h2,4-5,7-14,16-17,24H,3,6,15H2,1H3,(H,31,33). The summed E-state index contributed by atoms with van der Waals surface area (Å²) in [6.07, 6.45) is -3.56. The summed E-state index contributed by atoms with van der Waals surface area (Å²) >= 11 is 0. The molecule has 1 fully saturated rings. The molecule has 0 bridgehead atoms. The summed E-state index contributed by atoms with van der Waals surface area (Å²) in [5.74, 6) is -1.01. The number of alkyl halides is 3. The number of hydrogen-bond acceptors (Lipinski definition) is 3. The van der Waals surface area contributed by atoms with Gasteiger partial charge in [-0.1, -0.05) is 30.3 Å². The number of halogens is 4. The van der Waals surface area contributed by atoms with Crippen LogP contribution >= 0.6 is 0 Å². The van der Waals surface area contributed by atoms with Crippen molar-refractivity contribution in [2.45, 2.75) is 42.9 Å². The molecule has 1 aliphatic heterocycles. The molecule has 1 aliphatic rings. The van der Waals surface area contributed by atoms with Crippen molar-refractivity contribution < 1.29 is 30.8 Å². The highest BCUT2D eigenvalue weighted by molar-refractivity contribution is 7.89. The number of sulfonamides is 1. The number of nitrogens with one attached hydrogen (secondary N) is 1. The molecule has 10 heteroatoms. The number of benzene rings is 3. The normalized spacial score (nSPS) is 17.6. The molecule has 5 nitrogen and oxygen atoms in total. The minimum Gasteiger partial charge on any atom is -0.348 e. The fourth-order valence-electron chi connectivity index (χ4n) is 4.26. The SMILES string of the molecule is CC(NC(=O)C1CCCN1S(=O)(=O)c1ccc(F)cc1)c1cccc(-c2ccc(C(F)(F)F)cc2)c1. The summed E-state index contributed by atoms with van der Waals surface area (Å²) in [5, 5.41) is 2.85. The zero-order valence-electron chi connectivity index (χ0n) is 19.3. The molecule has 2 atom stereocenters. The van der Waals surface area contributed by atoms with Crippen LogP contribution in [0.4, 0.5) is 17.6 Å². The Kier molecular flexibility index (Phi) is 7.19. The zero-order chi connectivity index (χ0) is 26.1. The van der Waals surface area contributed by atoms with E-state index in [2.05, 4.69) is 5.32 Å². The first-order valence-electron chi connectivity index (χ1n) is 11.3. The fourth-order valence-corrected chi connectivity index (χ4v) is 5.92. The molecule has 1 N–H and O–H groups in total. The number of carbonyl (C=O) groups excluding carboxylic acids is 1. The Hall–Kier alpha value is -3.24. The fraction of sp³-hybridized carbons (Fsp3) is 0.269. The first-order chi connectivity index (χ1) is 17.0. The van der Waals surface area contributed by atoms with E-state index in [1.165, 1.54) is 24.3 Å². The van der Waals surface area contributed by atoms with E-state index in [-0.39, 0.29) is 11.4 Å². The van der Waals surface area contributed by atoms with Gasteiger partial charge in [-0.2, -0.15) is 17.5 Å². The summed E-state index contributed by atoms with van der Waals surface area (Å²) in [5.41, 5.74) is 1.26. The molecule has 1 saturated heterocycles. The number of carbonyl (C=O) groups is 1. The highest BCUT2D eigenvalue weighted by atomic mass is 32.2. The van der Waals surface area contributed by atoms with Crippen molar-refractivity contribution in [3.8, 4) is 11.1 Å². The molecule has 3 aromatic carbocycles. The van der Waals surface area contributed by atoms with E-state index in [4.69, 9.17) is 0 Å². The summed E-state index contributed by atoms with van der Waals surface area (Å²) in [6, 6.07) is 14.9. The molecular weight excluding hydrogens is 496 g/mol. The number of amides is 1. The maximum absolute atomic E-state index is 13.2. The van der Waals surface area contributed by atoms with Gasteiger partial charge in [0, 0.05) is 6.54 Å². The topological polar surface area (TPSA) is 66.5 Å². The van der Waals surface area contributed by atoms with Crippen LogP contribution in [0.15, 0.2) is 77.7 Å². The Balaban J connectivity index is 1.49. The van der Waals surface area contributed by atoms with Gasteiger partial charge in [0.15, 0.2) is 0 Å². The van der Waals surface area contributed by atoms with E-state index in [0.717, 1.165) is 28.6 Å². The molecule has 190 valence electrons. The van der Waals surface area contributed by atoms with Crippen molar-refractivity contribution in [3.05, 3.63) is 89.7 Å². The first-order valence-corrected chi connectivity index (χ1v) is 12.8. The van der Waals surface area contributed by atoms with Gasteiger partial charge in [-0.05, 0) is 78.9 Å². The Morgan fingerprint density at radius 1 is 1.00 bits per heavy atom. The average Bonchev–Trinajstić information content (AvgIpc) is 3.35. The maximum Gasteiger partial charge on any atom is 0.416 e. The van der Waals surface area contributed by atoms with Gasteiger partial charge in [0.1, 0.15) is 11.9 Å². The second-order valence-electron chi connectivity index (χ2n) is 8.66.